The molecule has 8 heteroatoms. The van der Waals surface area contributed by atoms with Crippen molar-refractivity contribution in [3.63, 3.8) is 0 Å². The van der Waals surface area contributed by atoms with Crippen molar-refractivity contribution in [3.8, 4) is 11.4 Å². The van der Waals surface area contributed by atoms with Crippen LogP contribution < -0.4 is 10.5 Å². The third kappa shape index (κ3) is 3.76. The quantitative estimate of drug-likeness (QED) is 0.655. The number of hydrogen-bond donors (Lipinski definition) is 1. The second kappa shape index (κ2) is 8.36. The Bertz CT molecular complexity index is 1050. The van der Waals surface area contributed by atoms with Gasteiger partial charge in [0.05, 0.1) is 30.1 Å². The van der Waals surface area contributed by atoms with E-state index in [1.54, 1.807) is 48.7 Å². The van der Waals surface area contributed by atoms with Crippen molar-refractivity contribution in [2.45, 2.75) is 12.8 Å². The van der Waals surface area contributed by atoms with E-state index in [1.807, 2.05) is 12.1 Å². The first-order valence-electron chi connectivity index (χ1n) is 9.80. The molecule has 3 aromatic rings. The third-order valence-corrected chi connectivity index (χ3v) is 5.38. The average Bonchev–Trinajstić information content (AvgIpc) is 3.20. The van der Waals surface area contributed by atoms with Crippen LogP contribution in [0.15, 0.2) is 55.0 Å². The summed E-state index contributed by atoms with van der Waals surface area (Å²) in [7, 11) is 1.60. The number of hydrogen-bond acceptors (Lipinski definition) is 6. The number of pyridine rings is 1. The van der Waals surface area contributed by atoms with E-state index in [2.05, 4.69) is 10.1 Å². The van der Waals surface area contributed by atoms with E-state index in [0.29, 0.717) is 36.5 Å². The van der Waals surface area contributed by atoms with Crippen LogP contribution >= 0.6 is 0 Å². The fourth-order valence-corrected chi connectivity index (χ4v) is 3.74. The van der Waals surface area contributed by atoms with Gasteiger partial charge >= 0.3 is 0 Å². The van der Waals surface area contributed by atoms with Crippen LogP contribution in [0.3, 0.4) is 0 Å². The van der Waals surface area contributed by atoms with Gasteiger partial charge in [-0.1, -0.05) is 0 Å². The summed E-state index contributed by atoms with van der Waals surface area (Å²) in [5, 5.41) is 4.30. The number of benzene rings is 1. The Kier molecular flexibility index (Phi) is 5.47. The molecule has 1 saturated heterocycles. The molecule has 0 radical (unpaired) electrons. The fourth-order valence-electron chi connectivity index (χ4n) is 3.74. The molecule has 154 valence electrons. The van der Waals surface area contributed by atoms with E-state index in [9.17, 15) is 9.59 Å². The van der Waals surface area contributed by atoms with E-state index in [4.69, 9.17) is 10.5 Å². The lowest BCUT2D eigenvalue weighted by atomic mass is 9.90. The van der Waals surface area contributed by atoms with Crippen LogP contribution in [0.1, 0.15) is 33.6 Å². The molecule has 1 fully saturated rings. The van der Waals surface area contributed by atoms with Gasteiger partial charge in [-0.3, -0.25) is 14.6 Å². The summed E-state index contributed by atoms with van der Waals surface area (Å²) in [5.41, 5.74) is 7.91. The zero-order chi connectivity index (χ0) is 21.1. The van der Waals surface area contributed by atoms with Crippen LogP contribution in [-0.4, -0.2) is 51.6 Å². The predicted molar refractivity (Wildman–Crippen MR) is 112 cm³/mol. The van der Waals surface area contributed by atoms with Crippen molar-refractivity contribution < 1.29 is 14.3 Å². The Morgan fingerprint density at radius 1 is 1.17 bits per heavy atom. The summed E-state index contributed by atoms with van der Waals surface area (Å²) in [6, 6.07) is 10.7. The number of ether oxygens (including phenoxy) is 1. The first-order chi connectivity index (χ1) is 14.6. The van der Waals surface area contributed by atoms with Crippen LogP contribution in [0.4, 0.5) is 5.82 Å². The summed E-state index contributed by atoms with van der Waals surface area (Å²) in [6.07, 6.45) is 6.15. The predicted octanol–water partition coefficient (Wildman–Crippen LogP) is 2.59. The Morgan fingerprint density at radius 2 is 1.97 bits per heavy atom. The second-order valence-electron chi connectivity index (χ2n) is 7.25. The minimum absolute atomic E-state index is 0.0871. The van der Waals surface area contributed by atoms with E-state index in [0.717, 1.165) is 17.9 Å². The number of Topliss-reactive ketones (excluding diaryl/α,β-unsaturated/α-hetero) is 1. The maximum atomic E-state index is 13.2. The van der Waals surface area contributed by atoms with Gasteiger partial charge in [0.1, 0.15) is 11.6 Å². The third-order valence-electron chi connectivity index (χ3n) is 5.38. The van der Waals surface area contributed by atoms with Crippen molar-refractivity contribution in [2.24, 2.45) is 5.92 Å². The molecular weight excluding hydrogens is 382 g/mol. The minimum Gasteiger partial charge on any atom is -0.497 e. The largest absolute Gasteiger partial charge is 0.497 e. The highest BCUT2D eigenvalue weighted by molar-refractivity contribution is 6.02. The molecule has 8 nitrogen and oxygen atoms in total. The molecule has 2 N–H and O–H groups in total. The number of ketones is 1. The number of carbonyl (C=O) groups excluding carboxylic acids is 2. The van der Waals surface area contributed by atoms with Crippen LogP contribution in [0, 0.1) is 5.92 Å². The maximum absolute atomic E-state index is 13.2. The summed E-state index contributed by atoms with van der Waals surface area (Å²) < 4.78 is 6.70. The molecule has 0 bridgehead atoms. The lowest BCUT2D eigenvalue weighted by Gasteiger charge is -2.32. The monoisotopic (exact) mass is 405 g/mol. The number of nitrogens with zero attached hydrogens (tertiary/aromatic N) is 4. The smallest absolute Gasteiger partial charge is 0.255 e. The van der Waals surface area contributed by atoms with E-state index in [1.165, 1.54) is 10.9 Å². The Balaban J connectivity index is 1.51. The number of piperidine rings is 1. The molecule has 1 amide bonds. The summed E-state index contributed by atoms with van der Waals surface area (Å²) in [5.74, 6) is 0.510. The van der Waals surface area contributed by atoms with Gasteiger partial charge in [-0.2, -0.15) is 5.10 Å². The van der Waals surface area contributed by atoms with Gasteiger partial charge < -0.3 is 15.4 Å². The first kappa shape index (κ1) is 19.6. The van der Waals surface area contributed by atoms with Gasteiger partial charge in [-0.15, -0.1) is 0 Å². The molecule has 3 heterocycles. The molecule has 0 aliphatic carbocycles. The van der Waals surface area contributed by atoms with Crippen LogP contribution in [0.25, 0.3) is 5.69 Å². The van der Waals surface area contributed by atoms with Crippen molar-refractivity contribution in [1.82, 2.24) is 19.7 Å². The van der Waals surface area contributed by atoms with E-state index in [-0.39, 0.29) is 17.6 Å². The number of likely N-dealkylation sites (tertiary alicyclic amines) is 1. The van der Waals surface area contributed by atoms with Gasteiger partial charge in [0.15, 0.2) is 5.78 Å². The van der Waals surface area contributed by atoms with Crippen molar-refractivity contribution in [1.29, 1.82) is 0 Å². The van der Waals surface area contributed by atoms with Gasteiger partial charge in [0.25, 0.3) is 5.91 Å². The summed E-state index contributed by atoms with van der Waals surface area (Å²) in [4.78, 5) is 31.6. The van der Waals surface area contributed by atoms with Crippen LogP contribution in [-0.2, 0) is 0 Å². The minimum atomic E-state index is -0.310. The van der Waals surface area contributed by atoms with Crippen LogP contribution in [0.2, 0.25) is 0 Å². The summed E-state index contributed by atoms with van der Waals surface area (Å²) in [6.45, 7) is 0.984. The van der Waals surface area contributed by atoms with Crippen molar-refractivity contribution in [2.75, 3.05) is 25.9 Å². The van der Waals surface area contributed by atoms with E-state index >= 15 is 0 Å². The molecule has 0 saturated carbocycles. The molecular formula is C22H23N5O3. The molecule has 1 aliphatic rings. The number of rotatable bonds is 5. The number of nitrogens with two attached hydrogens (primary N) is 1. The van der Waals surface area contributed by atoms with E-state index < -0.39 is 0 Å². The fraction of sp³-hybridized carbons (Fsp3) is 0.273. The van der Waals surface area contributed by atoms with Gasteiger partial charge in [0, 0.05) is 31.4 Å². The lowest BCUT2D eigenvalue weighted by Crippen LogP contribution is -2.42. The molecule has 1 aliphatic heterocycles. The average molecular weight is 405 g/mol. The van der Waals surface area contributed by atoms with Gasteiger partial charge in [-0.05, 0) is 49.2 Å². The molecule has 4 rings (SSSR count). The number of amides is 1. The van der Waals surface area contributed by atoms with Crippen molar-refractivity contribution >= 4 is 17.5 Å². The summed E-state index contributed by atoms with van der Waals surface area (Å²) >= 11 is 0. The molecule has 0 unspecified atom stereocenters. The highest BCUT2D eigenvalue weighted by atomic mass is 16.5. The topological polar surface area (TPSA) is 103 Å². The number of methoxy groups -OCH3 is 1. The number of carbonyl (C=O) groups is 2. The Hall–Kier alpha value is -3.68. The number of aromatic nitrogens is 3. The lowest BCUT2D eigenvalue weighted by molar-refractivity contribution is 0.0637. The molecule has 30 heavy (non-hydrogen) atoms. The number of nitrogen functional groups attached to an aromatic ring is 1. The van der Waals surface area contributed by atoms with Gasteiger partial charge in [-0.25, -0.2) is 4.68 Å². The standard InChI is InChI=1S/C22H23N5O3/c1-30-18-8-6-17(7-9-18)27-21(23)19(13-25-27)20(28)16-5-3-11-26(14-16)22(29)15-4-2-10-24-12-15/h2,4,6-10,12-13,16H,3,5,11,14,23H2,1H3/t16-/m0/s1. The highest BCUT2D eigenvalue weighted by Crippen LogP contribution is 2.26. The zero-order valence-corrected chi connectivity index (χ0v) is 16.7. The highest BCUT2D eigenvalue weighted by Gasteiger charge is 2.31. The molecule has 0 spiro atoms. The first-order valence-corrected chi connectivity index (χ1v) is 9.80. The second-order valence-corrected chi connectivity index (χ2v) is 7.25. The number of anilines is 1. The molecule has 1 atom stereocenters. The van der Waals surface area contributed by atoms with Crippen molar-refractivity contribution in [3.05, 3.63) is 66.1 Å². The molecule has 1 aromatic carbocycles. The Morgan fingerprint density at radius 3 is 2.67 bits per heavy atom. The van der Waals surface area contributed by atoms with Gasteiger partial charge in [0.2, 0.25) is 0 Å². The molecule has 2 aromatic heterocycles. The zero-order valence-electron chi connectivity index (χ0n) is 16.7. The van der Waals surface area contributed by atoms with Crippen LogP contribution in [0.5, 0.6) is 5.75 Å². The SMILES string of the molecule is COc1ccc(-n2ncc(C(=O)[C@H]3CCCN(C(=O)c4cccnc4)C3)c2N)cc1. The Labute approximate surface area is 174 Å². The normalized spacial score (nSPS) is 16.3. The maximum Gasteiger partial charge on any atom is 0.255 e.